The van der Waals surface area contributed by atoms with E-state index in [9.17, 15) is 4.79 Å². The first-order valence-electron chi connectivity index (χ1n) is 6.25. The fourth-order valence-corrected chi connectivity index (χ4v) is 3.17. The number of aromatic amines is 1. The number of nitrogen functional groups attached to an aromatic ring is 1. The molecule has 0 aliphatic rings. The van der Waals surface area contributed by atoms with E-state index in [-0.39, 0.29) is 12.1 Å². The summed E-state index contributed by atoms with van der Waals surface area (Å²) in [5.74, 6) is -0.350. The summed E-state index contributed by atoms with van der Waals surface area (Å²) in [6.07, 6.45) is -0.148. The lowest BCUT2D eigenvalue weighted by atomic mass is 10.1. The predicted molar refractivity (Wildman–Crippen MR) is 77.6 cm³/mol. The van der Waals surface area contributed by atoms with Crippen molar-refractivity contribution in [1.29, 1.82) is 0 Å². The first kappa shape index (κ1) is 13.8. The van der Waals surface area contributed by atoms with Crippen LogP contribution < -0.4 is 10.7 Å². The zero-order valence-corrected chi connectivity index (χ0v) is 12.7. The van der Waals surface area contributed by atoms with Gasteiger partial charge in [0.05, 0.1) is 17.2 Å². The standard InChI is InChI=1S/C14H18N2O2S/c1-6(2)18-14(17)12-11(15)10-8(4)7(3)9(5)16-13(10)19-12/h6H,15H2,1-5H3/p+1. The molecule has 0 radical (unpaired) electrons. The molecular formula is C14H19N2O2S+. The number of aromatic nitrogens is 1. The molecule has 2 aromatic heterocycles. The molecule has 0 unspecified atom stereocenters. The number of hydrogen-bond acceptors (Lipinski definition) is 4. The van der Waals surface area contributed by atoms with Crippen LogP contribution in [-0.4, -0.2) is 12.1 Å². The molecule has 102 valence electrons. The lowest BCUT2D eigenvalue weighted by Gasteiger charge is -2.06. The molecule has 0 aliphatic carbocycles. The summed E-state index contributed by atoms with van der Waals surface area (Å²) in [7, 11) is 0. The van der Waals surface area contributed by atoms with Gasteiger partial charge in [-0.1, -0.05) is 11.3 Å². The monoisotopic (exact) mass is 279 g/mol. The fraction of sp³-hybridized carbons (Fsp3) is 0.429. The molecule has 4 nitrogen and oxygen atoms in total. The number of aryl methyl sites for hydroxylation is 2. The second-order valence-electron chi connectivity index (χ2n) is 5.00. The van der Waals surface area contributed by atoms with Crippen LogP contribution in [0.4, 0.5) is 5.69 Å². The van der Waals surface area contributed by atoms with E-state index in [1.165, 1.54) is 16.9 Å². The van der Waals surface area contributed by atoms with Gasteiger partial charge in [-0.25, -0.2) is 4.79 Å². The van der Waals surface area contributed by atoms with Gasteiger partial charge in [-0.15, -0.1) is 0 Å². The summed E-state index contributed by atoms with van der Waals surface area (Å²) in [6.45, 7) is 9.74. The number of fused-ring (bicyclic) bond motifs is 1. The van der Waals surface area contributed by atoms with Crippen molar-refractivity contribution in [3.63, 3.8) is 0 Å². The minimum atomic E-state index is -0.350. The number of H-pyrrole nitrogens is 1. The summed E-state index contributed by atoms with van der Waals surface area (Å²) >= 11 is 1.36. The van der Waals surface area contributed by atoms with Gasteiger partial charge in [0.2, 0.25) is 0 Å². The number of carbonyl (C=O) groups excluding carboxylic acids is 1. The summed E-state index contributed by atoms with van der Waals surface area (Å²) in [4.78, 5) is 16.7. The van der Waals surface area contributed by atoms with E-state index >= 15 is 0 Å². The van der Waals surface area contributed by atoms with Crippen molar-refractivity contribution in [2.75, 3.05) is 5.73 Å². The maximum Gasteiger partial charge on any atom is 0.350 e. The van der Waals surface area contributed by atoms with E-state index in [1.54, 1.807) is 0 Å². The summed E-state index contributed by atoms with van der Waals surface area (Å²) < 4.78 is 5.22. The van der Waals surface area contributed by atoms with Gasteiger partial charge in [-0.2, -0.15) is 4.98 Å². The van der Waals surface area contributed by atoms with Gasteiger partial charge in [0, 0.05) is 12.5 Å². The van der Waals surface area contributed by atoms with Crippen molar-refractivity contribution in [3.8, 4) is 0 Å². The number of thiophene rings is 1. The molecule has 2 rings (SSSR count). The number of carbonyl (C=O) groups is 1. The third-order valence-electron chi connectivity index (χ3n) is 3.27. The highest BCUT2D eigenvalue weighted by molar-refractivity contribution is 7.20. The smallest absolute Gasteiger partial charge is 0.350 e. The van der Waals surface area contributed by atoms with Crippen LogP contribution >= 0.6 is 11.3 Å². The molecule has 0 spiro atoms. The Hall–Kier alpha value is -1.62. The maximum atomic E-state index is 12.0. The van der Waals surface area contributed by atoms with Gasteiger partial charge in [-0.05, 0) is 33.3 Å². The summed E-state index contributed by atoms with van der Waals surface area (Å²) in [5.41, 5.74) is 10.0. The molecule has 2 aromatic rings. The third-order valence-corrected chi connectivity index (χ3v) is 4.38. The quantitative estimate of drug-likeness (QED) is 0.860. The molecular weight excluding hydrogens is 260 g/mol. The molecule has 0 saturated carbocycles. The van der Waals surface area contributed by atoms with E-state index < -0.39 is 0 Å². The molecule has 0 aliphatic heterocycles. The molecule has 0 saturated heterocycles. The van der Waals surface area contributed by atoms with E-state index in [0.717, 1.165) is 21.5 Å². The topological polar surface area (TPSA) is 66.5 Å². The lowest BCUT2D eigenvalue weighted by molar-refractivity contribution is -0.352. The molecule has 3 N–H and O–H groups in total. The molecule has 19 heavy (non-hydrogen) atoms. The maximum absolute atomic E-state index is 12.0. The molecule has 5 heteroatoms. The number of anilines is 1. The number of hydrogen-bond donors (Lipinski definition) is 1. The molecule has 0 fully saturated rings. The highest BCUT2D eigenvalue weighted by Gasteiger charge is 2.24. The van der Waals surface area contributed by atoms with E-state index in [2.05, 4.69) is 4.98 Å². The number of esters is 1. The predicted octanol–water partition coefficient (Wildman–Crippen LogP) is 2.79. The average molecular weight is 279 g/mol. The van der Waals surface area contributed by atoms with Crippen LogP contribution in [0.5, 0.6) is 0 Å². The van der Waals surface area contributed by atoms with Crippen molar-refractivity contribution in [1.82, 2.24) is 0 Å². The third kappa shape index (κ3) is 2.30. The van der Waals surface area contributed by atoms with Crippen LogP contribution in [0.25, 0.3) is 10.2 Å². The Morgan fingerprint density at radius 2 is 1.89 bits per heavy atom. The molecule has 0 atom stereocenters. The van der Waals surface area contributed by atoms with Crippen molar-refractivity contribution < 1.29 is 14.5 Å². The van der Waals surface area contributed by atoms with Crippen LogP contribution in [0, 0.1) is 20.8 Å². The Morgan fingerprint density at radius 1 is 1.26 bits per heavy atom. The minimum absolute atomic E-state index is 0.148. The van der Waals surface area contributed by atoms with Gasteiger partial charge < -0.3 is 10.5 Å². The summed E-state index contributed by atoms with van der Waals surface area (Å²) in [6, 6.07) is 0. The van der Waals surface area contributed by atoms with Crippen LogP contribution in [0.15, 0.2) is 0 Å². The SMILES string of the molecule is Cc1[nH+]c2sc(C(=O)OC(C)C)c(N)c2c(C)c1C. The van der Waals surface area contributed by atoms with Gasteiger partial charge in [0.25, 0.3) is 4.83 Å². The van der Waals surface area contributed by atoms with Crippen molar-refractivity contribution in [2.24, 2.45) is 0 Å². The first-order chi connectivity index (χ1) is 8.82. The van der Waals surface area contributed by atoms with Crippen LogP contribution in [-0.2, 0) is 4.74 Å². The Bertz CT molecular complexity index is 659. The molecule has 2 heterocycles. The Morgan fingerprint density at radius 3 is 2.47 bits per heavy atom. The lowest BCUT2D eigenvalue weighted by Crippen LogP contribution is -2.11. The molecule has 0 aromatic carbocycles. The van der Waals surface area contributed by atoms with Crippen LogP contribution in [0.3, 0.4) is 0 Å². The molecule has 0 bridgehead atoms. The van der Waals surface area contributed by atoms with Gasteiger partial charge >= 0.3 is 5.97 Å². The normalized spacial score (nSPS) is 11.3. The largest absolute Gasteiger partial charge is 0.459 e. The number of rotatable bonds is 2. The summed E-state index contributed by atoms with van der Waals surface area (Å²) in [5, 5.41) is 0.934. The fourth-order valence-electron chi connectivity index (χ4n) is 2.06. The number of nitrogens with two attached hydrogens (primary N) is 1. The highest BCUT2D eigenvalue weighted by Crippen LogP contribution is 2.35. The van der Waals surface area contributed by atoms with Gasteiger partial charge in [0.1, 0.15) is 4.88 Å². The van der Waals surface area contributed by atoms with Crippen LogP contribution in [0.2, 0.25) is 0 Å². The first-order valence-corrected chi connectivity index (χ1v) is 7.06. The second-order valence-corrected chi connectivity index (χ2v) is 6.02. The zero-order chi connectivity index (χ0) is 14.3. The second kappa shape index (κ2) is 4.81. The van der Waals surface area contributed by atoms with Crippen molar-refractivity contribution >= 4 is 33.2 Å². The van der Waals surface area contributed by atoms with E-state index in [0.29, 0.717) is 10.6 Å². The Labute approximate surface area is 116 Å². The van der Waals surface area contributed by atoms with Crippen molar-refractivity contribution in [2.45, 2.75) is 40.7 Å². The zero-order valence-electron chi connectivity index (χ0n) is 11.9. The Kier molecular flexibility index (Phi) is 3.49. The number of pyridine rings is 1. The number of nitrogens with one attached hydrogen (secondary N) is 1. The Balaban J connectivity index is 2.64. The minimum Gasteiger partial charge on any atom is -0.459 e. The van der Waals surface area contributed by atoms with Gasteiger partial charge in [-0.3, -0.25) is 0 Å². The van der Waals surface area contributed by atoms with Crippen molar-refractivity contribution in [3.05, 3.63) is 21.7 Å². The van der Waals surface area contributed by atoms with E-state index in [1.807, 2.05) is 34.6 Å². The molecule has 0 amide bonds. The van der Waals surface area contributed by atoms with Crippen LogP contribution in [0.1, 0.15) is 40.3 Å². The highest BCUT2D eigenvalue weighted by atomic mass is 32.1. The number of ether oxygens (including phenoxy) is 1. The average Bonchev–Trinajstić information content (AvgIpc) is 2.63. The van der Waals surface area contributed by atoms with E-state index in [4.69, 9.17) is 10.5 Å². The van der Waals surface area contributed by atoms with Gasteiger partial charge in [0.15, 0.2) is 5.69 Å².